The van der Waals surface area contributed by atoms with E-state index in [4.69, 9.17) is 15.7 Å². The third-order valence-electron chi connectivity index (χ3n) is 2.12. The fourth-order valence-corrected chi connectivity index (χ4v) is 1.26. The Morgan fingerprint density at radius 1 is 1.59 bits per heavy atom. The molecule has 17 heavy (non-hydrogen) atoms. The van der Waals surface area contributed by atoms with Crippen LogP contribution in [0.4, 0.5) is 0 Å². The van der Waals surface area contributed by atoms with Crippen LogP contribution < -0.4 is 10.5 Å². The summed E-state index contributed by atoms with van der Waals surface area (Å²) < 4.78 is 5.53. The van der Waals surface area contributed by atoms with Crippen molar-refractivity contribution in [2.24, 2.45) is 10.9 Å². The lowest BCUT2D eigenvalue weighted by molar-refractivity contribution is 0.281. The molecule has 0 aliphatic rings. The van der Waals surface area contributed by atoms with Gasteiger partial charge in [-0.15, -0.1) is 0 Å². The van der Waals surface area contributed by atoms with Gasteiger partial charge in [0.15, 0.2) is 5.84 Å². The molecule has 1 heterocycles. The van der Waals surface area contributed by atoms with E-state index >= 15 is 0 Å². The maximum atomic E-state index is 8.53. The van der Waals surface area contributed by atoms with Gasteiger partial charge in [-0.25, -0.2) is 0 Å². The molecule has 1 aromatic heterocycles. The Kier molecular flexibility index (Phi) is 5.22. The van der Waals surface area contributed by atoms with Crippen molar-refractivity contribution in [3.63, 3.8) is 0 Å². The summed E-state index contributed by atoms with van der Waals surface area (Å²) in [6.45, 7) is 1.59. The van der Waals surface area contributed by atoms with Gasteiger partial charge in [0.2, 0.25) is 0 Å². The lowest BCUT2D eigenvalue weighted by atomic mass is 10.3. The number of amidine groups is 1. The van der Waals surface area contributed by atoms with E-state index in [1.54, 1.807) is 18.3 Å². The molecule has 1 aromatic rings. The van der Waals surface area contributed by atoms with Gasteiger partial charge in [0.25, 0.3) is 0 Å². The zero-order chi connectivity index (χ0) is 12.7. The molecule has 0 fully saturated rings. The average Bonchev–Trinajstić information content (AvgIpc) is 2.34. The van der Waals surface area contributed by atoms with E-state index in [0.717, 1.165) is 13.0 Å². The summed E-state index contributed by atoms with van der Waals surface area (Å²) in [6, 6.07) is 3.38. The van der Waals surface area contributed by atoms with Gasteiger partial charge in [-0.3, -0.25) is 4.98 Å². The molecule has 0 bridgehead atoms. The molecule has 0 aliphatic heterocycles. The van der Waals surface area contributed by atoms with Gasteiger partial charge in [-0.05, 0) is 26.6 Å². The van der Waals surface area contributed by atoms with Gasteiger partial charge < -0.3 is 20.6 Å². The minimum Gasteiger partial charge on any atom is -0.493 e. The quantitative estimate of drug-likeness (QED) is 0.248. The minimum absolute atomic E-state index is 0.0243. The number of ether oxygens (including phenoxy) is 1. The molecule has 1 rings (SSSR count). The summed E-state index contributed by atoms with van der Waals surface area (Å²) in [5, 5.41) is 11.4. The van der Waals surface area contributed by atoms with Gasteiger partial charge in [-0.1, -0.05) is 5.16 Å². The van der Waals surface area contributed by atoms with Crippen molar-refractivity contribution >= 4 is 5.84 Å². The van der Waals surface area contributed by atoms with Crippen LogP contribution in [0.5, 0.6) is 5.75 Å². The molecule has 0 saturated heterocycles. The summed E-state index contributed by atoms with van der Waals surface area (Å²) in [6.07, 6.45) is 2.50. The number of hydrogen-bond donors (Lipinski definition) is 2. The van der Waals surface area contributed by atoms with Crippen molar-refractivity contribution in [2.75, 3.05) is 27.2 Å². The van der Waals surface area contributed by atoms with Crippen LogP contribution in [-0.2, 0) is 0 Å². The van der Waals surface area contributed by atoms with Crippen molar-refractivity contribution in [2.45, 2.75) is 6.42 Å². The SMILES string of the molecule is CN(C)CCCOc1ccnc(C(N)=NO)c1. The molecular formula is C11H18N4O2. The maximum absolute atomic E-state index is 8.53. The minimum atomic E-state index is -0.0243. The lowest BCUT2D eigenvalue weighted by Gasteiger charge is -2.10. The fraction of sp³-hybridized carbons (Fsp3) is 0.455. The van der Waals surface area contributed by atoms with E-state index in [1.807, 2.05) is 14.1 Å². The van der Waals surface area contributed by atoms with Crippen LogP contribution >= 0.6 is 0 Å². The van der Waals surface area contributed by atoms with E-state index in [1.165, 1.54) is 0 Å². The summed E-state index contributed by atoms with van der Waals surface area (Å²) in [5.74, 6) is 0.643. The van der Waals surface area contributed by atoms with Gasteiger partial charge >= 0.3 is 0 Å². The third-order valence-corrected chi connectivity index (χ3v) is 2.12. The third kappa shape index (κ3) is 4.69. The molecule has 0 aromatic carbocycles. The van der Waals surface area contributed by atoms with E-state index in [0.29, 0.717) is 18.1 Å². The highest BCUT2D eigenvalue weighted by atomic mass is 16.5. The Morgan fingerprint density at radius 3 is 3.00 bits per heavy atom. The highest BCUT2D eigenvalue weighted by molar-refractivity contribution is 5.95. The Morgan fingerprint density at radius 2 is 2.35 bits per heavy atom. The van der Waals surface area contributed by atoms with Gasteiger partial charge in [0.1, 0.15) is 11.4 Å². The number of nitrogens with two attached hydrogens (primary N) is 1. The summed E-state index contributed by atoms with van der Waals surface area (Å²) >= 11 is 0. The molecule has 0 atom stereocenters. The van der Waals surface area contributed by atoms with Gasteiger partial charge in [0.05, 0.1) is 6.61 Å². The van der Waals surface area contributed by atoms with Crippen molar-refractivity contribution < 1.29 is 9.94 Å². The Labute approximate surface area is 101 Å². The molecule has 0 aliphatic carbocycles. The first-order chi connectivity index (χ1) is 8.13. The maximum Gasteiger partial charge on any atom is 0.188 e. The fourth-order valence-electron chi connectivity index (χ4n) is 1.26. The van der Waals surface area contributed by atoms with Crippen molar-refractivity contribution in [3.05, 3.63) is 24.0 Å². The first-order valence-corrected chi connectivity index (χ1v) is 5.35. The van der Waals surface area contributed by atoms with Gasteiger partial charge in [-0.2, -0.15) is 0 Å². The van der Waals surface area contributed by atoms with Gasteiger partial charge in [0, 0.05) is 18.8 Å². The largest absolute Gasteiger partial charge is 0.493 e. The second-order valence-electron chi connectivity index (χ2n) is 3.87. The highest BCUT2D eigenvalue weighted by Crippen LogP contribution is 2.11. The van der Waals surface area contributed by atoms with E-state index in [2.05, 4.69) is 15.0 Å². The second kappa shape index (κ2) is 6.70. The molecule has 6 nitrogen and oxygen atoms in total. The van der Waals surface area contributed by atoms with Crippen LogP contribution in [0.1, 0.15) is 12.1 Å². The molecule has 0 unspecified atom stereocenters. The van der Waals surface area contributed by atoms with Crippen molar-refractivity contribution in [3.8, 4) is 5.75 Å². The van der Waals surface area contributed by atoms with Crippen LogP contribution in [0.15, 0.2) is 23.5 Å². The first-order valence-electron chi connectivity index (χ1n) is 5.35. The molecule has 94 valence electrons. The Bertz CT molecular complexity index is 379. The van der Waals surface area contributed by atoms with Crippen molar-refractivity contribution in [1.82, 2.24) is 9.88 Å². The topological polar surface area (TPSA) is 84.0 Å². The summed E-state index contributed by atoms with van der Waals surface area (Å²) in [5.41, 5.74) is 5.83. The monoisotopic (exact) mass is 238 g/mol. The van der Waals surface area contributed by atoms with E-state index in [-0.39, 0.29) is 5.84 Å². The average molecular weight is 238 g/mol. The number of aromatic nitrogens is 1. The van der Waals surface area contributed by atoms with E-state index in [9.17, 15) is 0 Å². The second-order valence-corrected chi connectivity index (χ2v) is 3.87. The molecular weight excluding hydrogens is 220 g/mol. The summed E-state index contributed by atoms with van der Waals surface area (Å²) in [4.78, 5) is 6.06. The Hall–Kier alpha value is -1.82. The predicted molar refractivity (Wildman–Crippen MR) is 65.4 cm³/mol. The first kappa shape index (κ1) is 13.2. The number of oxime groups is 1. The number of rotatable bonds is 6. The molecule has 3 N–H and O–H groups in total. The highest BCUT2D eigenvalue weighted by Gasteiger charge is 2.02. The van der Waals surface area contributed by atoms with Crippen LogP contribution in [0.2, 0.25) is 0 Å². The zero-order valence-electron chi connectivity index (χ0n) is 10.1. The smallest absolute Gasteiger partial charge is 0.188 e. The van der Waals surface area contributed by atoms with Crippen LogP contribution in [-0.4, -0.2) is 48.2 Å². The molecule has 0 saturated carbocycles. The molecule has 0 spiro atoms. The van der Waals surface area contributed by atoms with Crippen LogP contribution in [0.25, 0.3) is 0 Å². The van der Waals surface area contributed by atoms with Crippen LogP contribution in [0, 0.1) is 0 Å². The predicted octanol–water partition coefficient (Wildman–Crippen LogP) is 0.507. The number of nitrogens with zero attached hydrogens (tertiary/aromatic N) is 3. The standard InChI is InChI=1S/C11H18N4O2/c1-15(2)6-3-7-17-9-4-5-13-10(8-9)11(12)14-16/h4-5,8,16H,3,6-7H2,1-2H3,(H2,12,14). The summed E-state index contributed by atoms with van der Waals surface area (Å²) in [7, 11) is 4.03. The number of hydrogen-bond acceptors (Lipinski definition) is 5. The number of pyridine rings is 1. The molecule has 0 amide bonds. The molecule has 0 radical (unpaired) electrons. The molecule has 6 heteroatoms. The Balaban J connectivity index is 2.49. The van der Waals surface area contributed by atoms with Crippen molar-refractivity contribution in [1.29, 1.82) is 0 Å². The van der Waals surface area contributed by atoms with E-state index < -0.39 is 0 Å². The normalized spacial score (nSPS) is 11.8. The lowest BCUT2D eigenvalue weighted by Crippen LogP contribution is -2.16. The van der Waals surface area contributed by atoms with Crippen LogP contribution in [0.3, 0.4) is 0 Å². The zero-order valence-corrected chi connectivity index (χ0v) is 10.1.